The summed E-state index contributed by atoms with van der Waals surface area (Å²) in [6.07, 6.45) is 0.553. The van der Waals surface area contributed by atoms with Gasteiger partial charge in [-0.15, -0.1) is 0 Å². The van der Waals surface area contributed by atoms with Crippen LogP contribution in [0.2, 0.25) is 10.0 Å². The standard InChI is InChI=1S/C30H34Cl2N2O2/c1-20(2)18-33-30(36)28(16-23-9-6-5-7-10-23)34(19-25-26(31)11-8-12-27(25)32)29(35)17-24-14-13-21(3)22(4)15-24/h5-15,20,28H,16-19H2,1-4H3,(H,33,36). The highest BCUT2D eigenvalue weighted by Gasteiger charge is 2.31. The van der Waals surface area contributed by atoms with Crippen molar-refractivity contribution < 1.29 is 9.59 Å². The number of hydrogen-bond acceptors (Lipinski definition) is 2. The minimum Gasteiger partial charge on any atom is -0.354 e. The van der Waals surface area contributed by atoms with Crippen LogP contribution < -0.4 is 5.32 Å². The van der Waals surface area contributed by atoms with Gasteiger partial charge < -0.3 is 10.2 Å². The number of rotatable bonds is 10. The summed E-state index contributed by atoms with van der Waals surface area (Å²) >= 11 is 13.0. The Morgan fingerprint density at radius 1 is 0.861 bits per heavy atom. The Morgan fingerprint density at radius 2 is 1.53 bits per heavy atom. The lowest BCUT2D eigenvalue weighted by Gasteiger charge is -2.32. The Bertz CT molecular complexity index is 1170. The molecule has 0 aliphatic rings. The molecule has 0 heterocycles. The smallest absolute Gasteiger partial charge is 0.243 e. The molecule has 0 saturated carbocycles. The predicted octanol–water partition coefficient (Wildman–Crippen LogP) is 6.57. The van der Waals surface area contributed by atoms with Crippen LogP contribution in [0, 0.1) is 19.8 Å². The molecular formula is C30H34Cl2N2O2. The van der Waals surface area contributed by atoms with Crippen molar-refractivity contribution in [2.45, 2.75) is 53.1 Å². The lowest BCUT2D eigenvalue weighted by Crippen LogP contribution is -2.51. The van der Waals surface area contributed by atoms with Crippen LogP contribution in [0.4, 0.5) is 0 Å². The molecule has 0 saturated heterocycles. The minimum atomic E-state index is -0.725. The molecule has 0 spiro atoms. The van der Waals surface area contributed by atoms with Gasteiger partial charge in [0.25, 0.3) is 0 Å². The van der Waals surface area contributed by atoms with E-state index >= 15 is 0 Å². The van der Waals surface area contributed by atoms with Crippen molar-refractivity contribution in [1.82, 2.24) is 10.2 Å². The Labute approximate surface area is 224 Å². The second-order valence-electron chi connectivity index (χ2n) is 9.66. The van der Waals surface area contributed by atoms with Crippen molar-refractivity contribution in [3.8, 4) is 0 Å². The first-order chi connectivity index (χ1) is 17.2. The summed E-state index contributed by atoms with van der Waals surface area (Å²) in [5, 5.41) is 3.97. The van der Waals surface area contributed by atoms with Crippen LogP contribution in [-0.2, 0) is 29.0 Å². The third-order valence-corrected chi connectivity index (χ3v) is 6.98. The number of hydrogen-bond donors (Lipinski definition) is 1. The van der Waals surface area contributed by atoms with Gasteiger partial charge in [0.2, 0.25) is 11.8 Å². The van der Waals surface area contributed by atoms with Crippen molar-refractivity contribution in [3.63, 3.8) is 0 Å². The van der Waals surface area contributed by atoms with Crippen LogP contribution >= 0.6 is 23.2 Å². The highest BCUT2D eigenvalue weighted by Crippen LogP contribution is 2.27. The summed E-state index contributed by atoms with van der Waals surface area (Å²) in [6, 6.07) is 20.3. The van der Waals surface area contributed by atoms with E-state index in [0.29, 0.717) is 28.6 Å². The third kappa shape index (κ3) is 7.59. The van der Waals surface area contributed by atoms with Gasteiger partial charge in [-0.1, -0.05) is 91.6 Å². The van der Waals surface area contributed by atoms with E-state index in [1.54, 1.807) is 23.1 Å². The topological polar surface area (TPSA) is 49.4 Å². The lowest BCUT2D eigenvalue weighted by atomic mass is 10.00. The number of carbonyl (C=O) groups excluding carboxylic acids is 2. The summed E-state index contributed by atoms with van der Waals surface area (Å²) in [5.74, 6) is -0.0666. The molecule has 0 radical (unpaired) electrons. The molecule has 4 nitrogen and oxygen atoms in total. The Balaban J connectivity index is 2.01. The molecule has 2 amide bonds. The summed E-state index contributed by atoms with van der Waals surface area (Å²) in [6.45, 7) is 8.81. The van der Waals surface area contributed by atoms with E-state index in [9.17, 15) is 9.59 Å². The SMILES string of the molecule is Cc1ccc(CC(=O)N(Cc2c(Cl)cccc2Cl)C(Cc2ccccc2)C(=O)NCC(C)C)cc1C. The third-order valence-electron chi connectivity index (χ3n) is 6.27. The monoisotopic (exact) mass is 524 g/mol. The molecule has 0 fully saturated rings. The fourth-order valence-corrected chi connectivity index (χ4v) is 4.54. The fourth-order valence-electron chi connectivity index (χ4n) is 4.02. The summed E-state index contributed by atoms with van der Waals surface area (Å²) in [5.41, 5.74) is 4.79. The largest absolute Gasteiger partial charge is 0.354 e. The molecular weight excluding hydrogens is 491 g/mol. The molecule has 3 aromatic rings. The van der Waals surface area contributed by atoms with E-state index in [0.717, 1.165) is 16.7 Å². The van der Waals surface area contributed by atoms with E-state index in [1.807, 2.05) is 76.2 Å². The molecule has 0 aliphatic heterocycles. The summed E-state index contributed by atoms with van der Waals surface area (Å²) in [4.78, 5) is 29.0. The van der Waals surface area contributed by atoms with Crippen molar-refractivity contribution in [1.29, 1.82) is 0 Å². The normalized spacial score (nSPS) is 11.9. The second-order valence-corrected chi connectivity index (χ2v) is 10.5. The number of nitrogens with zero attached hydrogens (tertiary/aromatic N) is 1. The lowest BCUT2D eigenvalue weighted by molar-refractivity contribution is -0.140. The quantitative estimate of drug-likeness (QED) is 0.326. The van der Waals surface area contributed by atoms with E-state index in [1.165, 1.54) is 5.56 Å². The molecule has 0 bridgehead atoms. The van der Waals surface area contributed by atoms with Crippen molar-refractivity contribution >= 4 is 35.0 Å². The maximum Gasteiger partial charge on any atom is 0.243 e. The van der Waals surface area contributed by atoms with Gasteiger partial charge in [-0.2, -0.15) is 0 Å². The fraction of sp³-hybridized carbons (Fsp3) is 0.333. The maximum absolute atomic E-state index is 13.9. The molecule has 3 aromatic carbocycles. The summed E-state index contributed by atoms with van der Waals surface area (Å²) < 4.78 is 0. The Hall–Kier alpha value is -2.82. The molecule has 0 aromatic heterocycles. The van der Waals surface area contributed by atoms with Gasteiger partial charge in [-0.05, 0) is 54.2 Å². The number of carbonyl (C=O) groups is 2. The van der Waals surface area contributed by atoms with Crippen LogP contribution in [0.15, 0.2) is 66.7 Å². The van der Waals surface area contributed by atoms with E-state index in [2.05, 4.69) is 5.32 Å². The molecule has 1 N–H and O–H groups in total. The zero-order chi connectivity index (χ0) is 26.2. The highest BCUT2D eigenvalue weighted by atomic mass is 35.5. The zero-order valence-corrected chi connectivity index (χ0v) is 22.9. The Kier molecular flexibility index (Phi) is 9.98. The number of nitrogens with one attached hydrogen (secondary N) is 1. The van der Waals surface area contributed by atoms with Gasteiger partial charge in [0.1, 0.15) is 6.04 Å². The van der Waals surface area contributed by atoms with Crippen LogP contribution in [-0.4, -0.2) is 29.3 Å². The average molecular weight is 526 g/mol. The van der Waals surface area contributed by atoms with Crippen LogP contribution in [0.3, 0.4) is 0 Å². The first-order valence-electron chi connectivity index (χ1n) is 12.3. The van der Waals surface area contributed by atoms with Crippen LogP contribution in [0.5, 0.6) is 0 Å². The molecule has 190 valence electrons. The van der Waals surface area contributed by atoms with E-state index in [-0.39, 0.29) is 30.7 Å². The van der Waals surface area contributed by atoms with Crippen molar-refractivity contribution in [2.75, 3.05) is 6.54 Å². The van der Waals surface area contributed by atoms with Gasteiger partial charge in [0, 0.05) is 35.1 Å². The number of aryl methyl sites for hydroxylation is 2. The first-order valence-corrected chi connectivity index (χ1v) is 13.0. The summed E-state index contributed by atoms with van der Waals surface area (Å²) in [7, 11) is 0. The first kappa shape index (κ1) is 27.8. The second kappa shape index (κ2) is 12.9. The van der Waals surface area contributed by atoms with Crippen molar-refractivity contribution in [2.24, 2.45) is 5.92 Å². The molecule has 0 aliphatic carbocycles. The van der Waals surface area contributed by atoms with Crippen molar-refractivity contribution in [3.05, 3.63) is 105 Å². The van der Waals surface area contributed by atoms with Gasteiger partial charge in [0.15, 0.2) is 0 Å². The number of halogens is 2. The van der Waals surface area contributed by atoms with E-state index in [4.69, 9.17) is 23.2 Å². The van der Waals surface area contributed by atoms with Gasteiger partial charge in [-0.3, -0.25) is 9.59 Å². The molecule has 36 heavy (non-hydrogen) atoms. The van der Waals surface area contributed by atoms with Gasteiger partial charge in [-0.25, -0.2) is 0 Å². The Morgan fingerprint density at radius 3 is 2.14 bits per heavy atom. The predicted molar refractivity (Wildman–Crippen MR) is 148 cm³/mol. The molecule has 6 heteroatoms. The van der Waals surface area contributed by atoms with E-state index < -0.39 is 6.04 Å². The zero-order valence-electron chi connectivity index (χ0n) is 21.4. The molecule has 1 atom stereocenters. The van der Waals surface area contributed by atoms with Crippen LogP contribution in [0.25, 0.3) is 0 Å². The maximum atomic E-state index is 13.9. The molecule has 3 rings (SSSR count). The minimum absolute atomic E-state index is 0.134. The number of benzene rings is 3. The number of amides is 2. The van der Waals surface area contributed by atoms with Gasteiger partial charge >= 0.3 is 0 Å². The van der Waals surface area contributed by atoms with Crippen LogP contribution in [0.1, 0.15) is 41.7 Å². The molecule has 1 unspecified atom stereocenters. The van der Waals surface area contributed by atoms with Gasteiger partial charge in [0.05, 0.1) is 6.42 Å². The highest BCUT2D eigenvalue weighted by molar-refractivity contribution is 6.36. The average Bonchev–Trinajstić information content (AvgIpc) is 2.84.